The van der Waals surface area contributed by atoms with Gasteiger partial charge in [-0.2, -0.15) is 0 Å². The van der Waals surface area contributed by atoms with E-state index in [1.807, 2.05) is 13.0 Å². The number of aryl methyl sites for hydroxylation is 1. The molecule has 1 heterocycles. The Hall–Kier alpha value is -2.10. The van der Waals surface area contributed by atoms with Gasteiger partial charge in [0.05, 0.1) is 11.5 Å². The summed E-state index contributed by atoms with van der Waals surface area (Å²) < 4.78 is 0. The first-order valence-corrected chi connectivity index (χ1v) is 4.43. The number of nitrogens with one attached hydrogen (secondary N) is 1. The number of aromatic carboxylic acids is 1. The fourth-order valence-corrected chi connectivity index (χ4v) is 1.47. The van der Waals surface area contributed by atoms with Crippen LogP contribution < -0.4 is 10.7 Å². The van der Waals surface area contributed by atoms with Gasteiger partial charge in [0.15, 0.2) is 0 Å². The molecule has 15 heavy (non-hydrogen) atoms. The molecule has 0 aliphatic rings. The third-order valence-corrected chi connectivity index (χ3v) is 2.22. The summed E-state index contributed by atoms with van der Waals surface area (Å²) >= 11 is 0. The van der Waals surface area contributed by atoms with E-state index in [1.165, 1.54) is 6.07 Å². The zero-order valence-electron chi connectivity index (χ0n) is 8.03. The van der Waals surface area contributed by atoms with Crippen LogP contribution in [0.1, 0.15) is 15.9 Å². The van der Waals surface area contributed by atoms with E-state index in [1.54, 1.807) is 12.1 Å². The zero-order chi connectivity index (χ0) is 11.0. The van der Waals surface area contributed by atoms with E-state index in [9.17, 15) is 14.7 Å². The fourth-order valence-electron chi connectivity index (χ4n) is 1.47. The second-order valence-corrected chi connectivity index (χ2v) is 3.39. The largest absolute Gasteiger partial charge is 0.545 e. The summed E-state index contributed by atoms with van der Waals surface area (Å²) in [6.45, 7) is 1.89. The van der Waals surface area contributed by atoms with Gasteiger partial charge in [-0.3, -0.25) is 4.79 Å². The first kappa shape index (κ1) is 9.45. The van der Waals surface area contributed by atoms with Gasteiger partial charge in [0.25, 0.3) is 5.56 Å². The third kappa shape index (κ3) is 1.61. The summed E-state index contributed by atoms with van der Waals surface area (Å²) in [6, 6.07) is 6.71. The van der Waals surface area contributed by atoms with Crippen molar-refractivity contribution in [3.8, 4) is 0 Å². The number of rotatable bonds is 1. The number of pyridine rings is 1. The molecule has 0 unspecified atom stereocenters. The van der Waals surface area contributed by atoms with Gasteiger partial charge < -0.3 is 14.9 Å². The molecule has 0 saturated carbocycles. The standard InChI is InChI=1S/C11H9NO3/c1-6-2-3-7-5-8(11(14)15)10(13)12-9(7)4-6/h2-5H,1H3,(H,12,13)(H,14,15)/p-1. The van der Waals surface area contributed by atoms with Gasteiger partial charge in [0.2, 0.25) is 0 Å². The van der Waals surface area contributed by atoms with Gasteiger partial charge in [0, 0.05) is 5.52 Å². The van der Waals surface area contributed by atoms with Gasteiger partial charge in [-0.15, -0.1) is 0 Å². The number of hydrogen-bond acceptors (Lipinski definition) is 3. The summed E-state index contributed by atoms with van der Waals surface area (Å²) in [7, 11) is 0. The molecule has 2 aromatic rings. The van der Waals surface area contributed by atoms with Crippen molar-refractivity contribution in [3.05, 3.63) is 45.7 Å². The van der Waals surface area contributed by atoms with Crippen LogP contribution in [0.3, 0.4) is 0 Å². The Morgan fingerprint density at radius 1 is 1.33 bits per heavy atom. The first-order chi connectivity index (χ1) is 7.08. The SMILES string of the molecule is Cc1ccc2cc(C(=O)[O-])c(=O)[nH]c2c1. The molecule has 0 radical (unpaired) electrons. The minimum Gasteiger partial charge on any atom is -0.545 e. The zero-order valence-corrected chi connectivity index (χ0v) is 8.03. The molecule has 0 atom stereocenters. The molecule has 0 saturated heterocycles. The van der Waals surface area contributed by atoms with Crippen LogP contribution in [0.4, 0.5) is 0 Å². The molecular formula is C11H8NO3-. The third-order valence-electron chi connectivity index (χ3n) is 2.22. The predicted octanol–water partition coefficient (Wildman–Crippen LogP) is 0.200. The number of aromatic nitrogens is 1. The Balaban J connectivity index is 2.82. The van der Waals surface area contributed by atoms with E-state index in [4.69, 9.17) is 0 Å². The highest BCUT2D eigenvalue weighted by atomic mass is 16.4. The van der Waals surface area contributed by atoms with Gasteiger partial charge in [0.1, 0.15) is 0 Å². The molecule has 4 heteroatoms. The van der Waals surface area contributed by atoms with Gasteiger partial charge in [-0.05, 0) is 30.0 Å². The molecule has 76 valence electrons. The lowest BCUT2D eigenvalue weighted by Gasteiger charge is -2.04. The molecule has 2 rings (SSSR count). The number of aromatic amines is 1. The summed E-state index contributed by atoms with van der Waals surface area (Å²) in [6.07, 6.45) is 0. The van der Waals surface area contributed by atoms with Crippen LogP contribution in [0, 0.1) is 6.92 Å². The summed E-state index contributed by atoms with van der Waals surface area (Å²) in [5.74, 6) is -1.46. The van der Waals surface area contributed by atoms with Crippen LogP contribution in [0.5, 0.6) is 0 Å². The lowest BCUT2D eigenvalue weighted by atomic mass is 10.1. The molecule has 0 aliphatic carbocycles. The highest BCUT2D eigenvalue weighted by Crippen LogP contribution is 2.12. The predicted molar refractivity (Wildman–Crippen MR) is 53.6 cm³/mol. The Morgan fingerprint density at radius 2 is 2.07 bits per heavy atom. The quantitative estimate of drug-likeness (QED) is 0.717. The van der Waals surface area contributed by atoms with Crippen LogP contribution in [0.25, 0.3) is 10.9 Å². The van der Waals surface area contributed by atoms with E-state index in [0.717, 1.165) is 5.56 Å². The average Bonchev–Trinajstić information content (AvgIpc) is 2.15. The van der Waals surface area contributed by atoms with Crippen LogP contribution >= 0.6 is 0 Å². The van der Waals surface area contributed by atoms with E-state index >= 15 is 0 Å². The van der Waals surface area contributed by atoms with Gasteiger partial charge in [-0.25, -0.2) is 0 Å². The van der Waals surface area contributed by atoms with Crippen molar-refractivity contribution < 1.29 is 9.90 Å². The summed E-state index contributed by atoms with van der Waals surface area (Å²) in [5.41, 5.74) is 0.656. The van der Waals surface area contributed by atoms with Crippen molar-refractivity contribution in [2.75, 3.05) is 0 Å². The highest BCUT2D eigenvalue weighted by molar-refractivity contribution is 5.91. The lowest BCUT2D eigenvalue weighted by Crippen LogP contribution is -2.29. The number of hydrogen-bond donors (Lipinski definition) is 1. The second kappa shape index (κ2) is 3.24. The molecule has 0 fully saturated rings. The van der Waals surface area contributed by atoms with Crippen molar-refractivity contribution in [3.63, 3.8) is 0 Å². The smallest absolute Gasteiger partial charge is 0.257 e. The summed E-state index contributed by atoms with van der Waals surface area (Å²) in [5, 5.41) is 11.3. The van der Waals surface area contributed by atoms with E-state index in [0.29, 0.717) is 10.9 Å². The van der Waals surface area contributed by atoms with Crippen LogP contribution in [0.15, 0.2) is 29.1 Å². The lowest BCUT2D eigenvalue weighted by molar-refractivity contribution is -0.255. The van der Waals surface area contributed by atoms with Crippen LogP contribution in [-0.4, -0.2) is 11.0 Å². The number of carbonyl (C=O) groups is 1. The number of H-pyrrole nitrogens is 1. The van der Waals surface area contributed by atoms with Gasteiger partial charge in [-0.1, -0.05) is 12.1 Å². The molecule has 0 amide bonds. The number of carboxylic acid groups (broad SMARTS) is 1. The van der Waals surface area contributed by atoms with E-state index in [2.05, 4.69) is 4.98 Å². The highest BCUT2D eigenvalue weighted by Gasteiger charge is 2.03. The molecule has 1 aromatic heterocycles. The van der Waals surface area contributed by atoms with E-state index < -0.39 is 11.5 Å². The minimum absolute atomic E-state index is 0.341. The van der Waals surface area contributed by atoms with Crippen molar-refractivity contribution in [2.45, 2.75) is 6.92 Å². The molecule has 4 nitrogen and oxygen atoms in total. The van der Waals surface area contributed by atoms with Crippen molar-refractivity contribution in [1.82, 2.24) is 4.98 Å². The molecule has 0 bridgehead atoms. The Morgan fingerprint density at radius 3 is 2.73 bits per heavy atom. The average molecular weight is 202 g/mol. The van der Waals surface area contributed by atoms with Crippen LogP contribution in [0.2, 0.25) is 0 Å². The first-order valence-electron chi connectivity index (χ1n) is 4.43. The molecular weight excluding hydrogens is 194 g/mol. The van der Waals surface area contributed by atoms with Crippen molar-refractivity contribution in [1.29, 1.82) is 0 Å². The topological polar surface area (TPSA) is 73.0 Å². The number of fused-ring (bicyclic) bond motifs is 1. The molecule has 0 spiro atoms. The van der Waals surface area contributed by atoms with Crippen molar-refractivity contribution >= 4 is 16.9 Å². The Kier molecular flexibility index (Phi) is 2.04. The maximum atomic E-state index is 11.3. The monoisotopic (exact) mass is 202 g/mol. The Bertz CT molecular complexity index is 598. The second-order valence-electron chi connectivity index (χ2n) is 3.39. The van der Waals surface area contributed by atoms with Gasteiger partial charge >= 0.3 is 0 Å². The maximum absolute atomic E-state index is 11.3. The van der Waals surface area contributed by atoms with Crippen LogP contribution in [-0.2, 0) is 0 Å². The number of carbonyl (C=O) groups excluding carboxylic acids is 1. The normalized spacial score (nSPS) is 10.5. The number of benzene rings is 1. The molecule has 1 N–H and O–H groups in total. The minimum atomic E-state index is -1.46. The number of carboxylic acids is 1. The fraction of sp³-hybridized carbons (Fsp3) is 0.0909. The Labute approximate surface area is 85.2 Å². The van der Waals surface area contributed by atoms with E-state index in [-0.39, 0.29) is 5.56 Å². The van der Waals surface area contributed by atoms with Crippen molar-refractivity contribution in [2.24, 2.45) is 0 Å². The molecule has 0 aliphatic heterocycles. The maximum Gasteiger partial charge on any atom is 0.257 e. The summed E-state index contributed by atoms with van der Waals surface area (Å²) in [4.78, 5) is 24.4. The molecule has 1 aromatic carbocycles.